The lowest BCUT2D eigenvalue weighted by Crippen LogP contribution is -2.47. The Hall–Kier alpha value is -2.30. The number of aryl methyl sites for hydroxylation is 1. The van der Waals surface area contributed by atoms with Crippen molar-refractivity contribution in [1.29, 1.82) is 0 Å². The first-order valence-corrected chi connectivity index (χ1v) is 8.60. The number of nitrogens with one attached hydrogen (secondary N) is 1. The predicted molar refractivity (Wildman–Crippen MR) is 99.7 cm³/mol. The zero-order chi connectivity index (χ0) is 18.7. The van der Waals surface area contributed by atoms with E-state index >= 15 is 0 Å². The fourth-order valence-corrected chi connectivity index (χ4v) is 2.69. The van der Waals surface area contributed by atoms with Crippen molar-refractivity contribution in [2.24, 2.45) is 0 Å². The van der Waals surface area contributed by atoms with Gasteiger partial charge in [0.2, 0.25) is 0 Å². The van der Waals surface area contributed by atoms with E-state index in [1.165, 1.54) is 11.1 Å². The molecular weight excluding hydrogens is 314 g/mol. The van der Waals surface area contributed by atoms with Gasteiger partial charge in [-0.1, -0.05) is 24.3 Å². The van der Waals surface area contributed by atoms with Crippen LogP contribution in [0.15, 0.2) is 36.8 Å². The first kappa shape index (κ1) is 19.0. The van der Waals surface area contributed by atoms with Crippen LogP contribution < -0.4 is 5.32 Å². The molecule has 0 fully saturated rings. The number of amides is 1. The quantitative estimate of drug-likeness (QED) is 0.890. The van der Waals surface area contributed by atoms with Crippen LogP contribution in [-0.4, -0.2) is 26.8 Å². The van der Waals surface area contributed by atoms with E-state index in [4.69, 9.17) is 4.74 Å². The van der Waals surface area contributed by atoms with Crippen molar-refractivity contribution in [3.63, 3.8) is 0 Å². The van der Waals surface area contributed by atoms with Gasteiger partial charge < -0.3 is 14.6 Å². The number of benzene rings is 1. The lowest BCUT2D eigenvalue weighted by Gasteiger charge is -2.29. The van der Waals surface area contributed by atoms with Gasteiger partial charge in [0, 0.05) is 30.4 Å². The highest BCUT2D eigenvalue weighted by Gasteiger charge is 2.26. The average Bonchev–Trinajstić information content (AvgIpc) is 2.84. The summed E-state index contributed by atoms with van der Waals surface area (Å²) in [6, 6.07) is 8.33. The summed E-state index contributed by atoms with van der Waals surface area (Å²) in [7, 11) is 0. The second-order valence-corrected chi connectivity index (χ2v) is 8.13. The first-order valence-electron chi connectivity index (χ1n) is 8.60. The smallest absolute Gasteiger partial charge is 0.408 e. The second-order valence-electron chi connectivity index (χ2n) is 8.13. The van der Waals surface area contributed by atoms with Gasteiger partial charge in [-0.05, 0) is 52.7 Å². The number of nitrogens with zero attached hydrogens (tertiary/aromatic N) is 2. The number of ether oxygens (including phenoxy) is 1. The molecule has 0 aliphatic rings. The summed E-state index contributed by atoms with van der Waals surface area (Å²) in [5.41, 5.74) is 2.65. The number of hydrogen-bond acceptors (Lipinski definition) is 3. The molecule has 0 spiro atoms. The molecule has 1 N–H and O–H groups in total. The van der Waals surface area contributed by atoms with Crippen LogP contribution in [0.25, 0.3) is 0 Å². The highest BCUT2D eigenvalue weighted by atomic mass is 16.6. The minimum Gasteiger partial charge on any atom is -0.444 e. The molecule has 5 heteroatoms. The van der Waals surface area contributed by atoms with Gasteiger partial charge in [-0.3, -0.25) is 0 Å². The van der Waals surface area contributed by atoms with E-state index in [9.17, 15) is 4.79 Å². The normalized spacial score (nSPS) is 12.1. The monoisotopic (exact) mass is 343 g/mol. The Labute approximate surface area is 150 Å². The third-order valence-electron chi connectivity index (χ3n) is 3.86. The van der Waals surface area contributed by atoms with Gasteiger partial charge in [-0.25, -0.2) is 9.78 Å². The molecule has 0 aliphatic carbocycles. The molecule has 1 amide bonds. The Morgan fingerprint density at radius 2 is 1.88 bits per heavy atom. The Kier molecular flexibility index (Phi) is 5.55. The number of carbonyl (C=O) groups is 1. The number of hydrogen-bond donors (Lipinski definition) is 1. The molecule has 0 saturated carbocycles. The maximum atomic E-state index is 12.1. The van der Waals surface area contributed by atoms with E-state index in [0.717, 1.165) is 12.2 Å². The molecule has 1 aromatic heterocycles. The van der Waals surface area contributed by atoms with Gasteiger partial charge in [-0.2, -0.15) is 0 Å². The van der Waals surface area contributed by atoms with Gasteiger partial charge in [0.05, 0.1) is 6.33 Å². The first-order chi connectivity index (χ1) is 11.6. The minimum absolute atomic E-state index is 0.400. The molecule has 1 heterocycles. The summed E-state index contributed by atoms with van der Waals surface area (Å²) >= 11 is 0. The minimum atomic E-state index is -0.507. The molecule has 0 unspecified atom stereocenters. The lowest BCUT2D eigenvalue weighted by molar-refractivity contribution is 0.0471. The fraction of sp³-hybridized carbons (Fsp3) is 0.500. The highest BCUT2D eigenvalue weighted by Crippen LogP contribution is 2.17. The molecule has 25 heavy (non-hydrogen) atoms. The maximum Gasteiger partial charge on any atom is 0.408 e. The van der Waals surface area contributed by atoms with Crippen molar-refractivity contribution in [1.82, 2.24) is 14.9 Å². The molecule has 0 atom stereocenters. The molecule has 0 aliphatic heterocycles. The molecule has 0 radical (unpaired) electrons. The average molecular weight is 343 g/mol. The second kappa shape index (κ2) is 7.30. The van der Waals surface area contributed by atoms with Crippen LogP contribution in [0, 0.1) is 6.92 Å². The van der Waals surface area contributed by atoms with Crippen molar-refractivity contribution in [3.05, 3.63) is 53.6 Å². The van der Waals surface area contributed by atoms with Crippen molar-refractivity contribution in [3.8, 4) is 0 Å². The molecule has 0 bridgehead atoms. The van der Waals surface area contributed by atoms with Crippen molar-refractivity contribution >= 4 is 6.09 Å². The summed E-state index contributed by atoms with van der Waals surface area (Å²) in [5.74, 6) is 0. The Balaban J connectivity index is 2.06. The number of rotatable bonds is 5. The van der Waals surface area contributed by atoms with Gasteiger partial charge in [0.1, 0.15) is 5.60 Å². The molecule has 2 aromatic rings. The zero-order valence-corrected chi connectivity index (χ0v) is 16.1. The van der Waals surface area contributed by atoms with E-state index in [1.54, 1.807) is 0 Å². The van der Waals surface area contributed by atoms with Crippen LogP contribution in [0.5, 0.6) is 0 Å². The molecule has 2 rings (SSSR count). The molecular formula is C20H29N3O2. The van der Waals surface area contributed by atoms with Crippen LogP contribution >= 0.6 is 0 Å². The summed E-state index contributed by atoms with van der Waals surface area (Å²) < 4.78 is 7.49. The van der Waals surface area contributed by atoms with Crippen molar-refractivity contribution in [2.75, 3.05) is 0 Å². The van der Waals surface area contributed by atoms with E-state index in [1.807, 2.05) is 59.3 Å². The van der Waals surface area contributed by atoms with Gasteiger partial charge in [0.15, 0.2) is 0 Å². The fourth-order valence-electron chi connectivity index (χ4n) is 2.69. The largest absolute Gasteiger partial charge is 0.444 e. The van der Waals surface area contributed by atoms with Crippen molar-refractivity contribution < 1.29 is 9.53 Å². The third-order valence-corrected chi connectivity index (χ3v) is 3.86. The standard InChI is InChI=1S/C20H29N3O2/c1-15-9-7-8-10-16(15)13-23-14-21-12-17(23)11-20(5,6)22-18(24)25-19(2,3)4/h7-10,12,14H,11,13H2,1-6H3,(H,22,24). The van der Waals surface area contributed by atoms with Crippen LogP contribution in [0.4, 0.5) is 4.79 Å². The third kappa shape index (κ3) is 5.93. The zero-order valence-electron chi connectivity index (χ0n) is 16.1. The Bertz CT molecular complexity index is 727. The SMILES string of the molecule is Cc1ccccc1Cn1cncc1CC(C)(C)NC(=O)OC(C)(C)C. The maximum absolute atomic E-state index is 12.1. The Morgan fingerprint density at radius 3 is 2.52 bits per heavy atom. The van der Waals surface area contributed by atoms with E-state index in [2.05, 4.69) is 33.9 Å². The highest BCUT2D eigenvalue weighted by molar-refractivity contribution is 5.68. The summed E-state index contributed by atoms with van der Waals surface area (Å²) in [6.45, 7) is 12.4. The van der Waals surface area contributed by atoms with Crippen LogP contribution in [-0.2, 0) is 17.7 Å². The van der Waals surface area contributed by atoms with Crippen LogP contribution in [0.2, 0.25) is 0 Å². The summed E-state index contributed by atoms with van der Waals surface area (Å²) in [5, 5.41) is 2.95. The van der Waals surface area contributed by atoms with Crippen molar-refractivity contribution in [2.45, 2.75) is 65.6 Å². The topological polar surface area (TPSA) is 56.2 Å². The summed E-state index contributed by atoms with van der Waals surface area (Å²) in [6.07, 6.45) is 3.96. The van der Waals surface area contributed by atoms with Crippen LogP contribution in [0.3, 0.4) is 0 Å². The molecule has 0 saturated heterocycles. The Morgan fingerprint density at radius 1 is 1.20 bits per heavy atom. The van der Waals surface area contributed by atoms with E-state index in [0.29, 0.717) is 6.42 Å². The van der Waals surface area contributed by atoms with Crippen LogP contribution in [0.1, 0.15) is 51.4 Å². The number of aromatic nitrogens is 2. The number of alkyl carbamates (subject to hydrolysis) is 1. The summed E-state index contributed by atoms with van der Waals surface area (Å²) in [4.78, 5) is 16.4. The van der Waals surface area contributed by atoms with Gasteiger partial charge >= 0.3 is 6.09 Å². The van der Waals surface area contributed by atoms with Gasteiger partial charge in [0.25, 0.3) is 0 Å². The van der Waals surface area contributed by atoms with Gasteiger partial charge in [-0.15, -0.1) is 0 Å². The molecule has 5 nitrogen and oxygen atoms in total. The number of imidazole rings is 1. The lowest BCUT2D eigenvalue weighted by atomic mass is 9.98. The van der Waals surface area contributed by atoms with E-state index in [-0.39, 0.29) is 0 Å². The number of carbonyl (C=O) groups excluding carboxylic acids is 1. The predicted octanol–water partition coefficient (Wildman–Crippen LogP) is 4.09. The molecule has 136 valence electrons. The molecule has 1 aromatic carbocycles. The van der Waals surface area contributed by atoms with E-state index < -0.39 is 17.2 Å².